The second kappa shape index (κ2) is 8.62. The van der Waals surface area contributed by atoms with Crippen LogP contribution < -0.4 is 5.32 Å². The van der Waals surface area contributed by atoms with E-state index in [1.54, 1.807) is 36.3 Å². The molecule has 7 nitrogen and oxygen atoms in total. The monoisotopic (exact) mass is 395 g/mol. The van der Waals surface area contributed by atoms with Crippen molar-refractivity contribution in [2.45, 2.75) is 49.7 Å². The van der Waals surface area contributed by atoms with E-state index in [2.05, 4.69) is 5.32 Å². The lowest BCUT2D eigenvalue weighted by Gasteiger charge is -2.46. The van der Waals surface area contributed by atoms with E-state index in [-0.39, 0.29) is 5.91 Å². The van der Waals surface area contributed by atoms with Crippen LogP contribution in [-0.4, -0.2) is 66.8 Å². The van der Waals surface area contributed by atoms with Crippen LogP contribution in [0.2, 0.25) is 0 Å². The topological polar surface area (TPSA) is 93.1 Å². The van der Waals surface area contributed by atoms with E-state index >= 15 is 0 Å². The highest BCUT2D eigenvalue weighted by atomic mass is 32.2. The standard InChI is InChI=1S/C19H29N3O4S/c1-19(2,3)20-18(24)16-15(27(25)26)12-11-14(22(16)21(4)5)17(23)13-9-7-6-8-10-13/h6-12,14-17,23H,1-5H3,(H,20,24)(H,25,26)/t14-,15-,16+,17-/m0/s1. The molecule has 2 rings (SSSR count). The van der Waals surface area contributed by atoms with E-state index in [1.165, 1.54) is 0 Å². The highest BCUT2D eigenvalue weighted by molar-refractivity contribution is 7.80. The first kappa shape index (κ1) is 21.7. The Hall–Kier alpha value is -1.58. The van der Waals surface area contributed by atoms with Gasteiger partial charge in [0.25, 0.3) is 0 Å². The molecule has 1 aromatic carbocycles. The number of nitrogens with zero attached hydrogens (tertiary/aromatic N) is 2. The first-order chi connectivity index (χ1) is 12.5. The number of nitrogens with one attached hydrogen (secondary N) is 1. The summed E-state index contributed by atoms with van der Waals surface area (Å²) in [4.78, 5) is 13.0. The Balaban J connectivity index is 2.46. The third kappa shape index (κ3) is 5.24. The van der Waals surface area contributed by atoms with Gasteiger partial charge in [-0.2, -0.15) is 0 Å². The molecule has 1 aliphatic heterocycles. The van der Waals surface area contributed by atoms with E-state index in [0.717, 1.165) is 0 Å². The molecule has 0 bridgehead atoms. The van der Waals surface area contributed by atoms with E-state index in [9.17, 15) is 18.7 Å². The van der Waals surface area contributed by atoms with Crippen LogP contribution in [0.15, 0.2) is 42.5 Å². The van der Waals surface area contributed by atoms with Crippen molar-refractivity contribution in [1.29, 1.82) is 0 Å². The molecule has 0 saturated heterocycles. The maximum absolute atomic E-state index is 13.0. The Morgan fingerprint density at radius 3 is 2.30 bits per heavy atom. The Labute approximate surface area is 163 Å². The molecule has 0 aromatic heterocycles. The third-order valence-electron chi connectivity index (χ3n) is 4.33. The molecule has 0 spiro atoms. The zero-order chi connectivity index (χ0) is 20.4. The van der Waals surface area contributed by atoms with Crippen LogP contribution in [-0.2, 0) is 15.9 Å². The van der Waals surface area contributed by atoms with Gasteiger partial charge >= 0.3 is 0 Å². The second-order valence-electron chi connectivity index (χ2n) is 7.88. The average Bonchev–Trinajstić information content (AvgIpc) is 2.58. The molecule has 5 atom stereocenters. The number of amides is 1. The lowest BCUT2D eigenvalue weighted by molar-refractivity contribution is -0.142. The maximum Gasteiger partial charge on any atom is 0.240 e. The number of rotatable bonds is 5. The minimum atomic E-state index is -2.24. The molecule has 1 amide bonds. The fourth-order valence-corrected chi connectivity index (χ4v) is 3.95. The van der Waals surface area contributed by atoms with E-state index in [4.69, 9.17) is 0 Å². The van der Waals surface area contributed by atoms with Gasteiger partial charge in [0.05, 0.1) is 12.1 Å². The highest BCUT2D eigenvalue weighted by Crippen LogP contribution is 2.30. The SMILES string of the molecule is CN(C)N1[C@H]([C@@H](O)c2ccccc2)C=C[C@H](S(=O)O)[C@@H]1C(=O)NC(C)(C)C. The largest absolute Gasteiger partial charge is 0.386 e. The number of hydrogen-bond donors (Lipinski definition) is 3. The average molecular weight is 396 g/mol. The zero-order valence-electron chi connectivity index (χ0n) is 16.4. The quantitative estimate of drug-likeness (QED) is 0.514. The number of benzene rings is 1. The number of hydrazine groups is 1. The zero-order valence-corrected chi connectivity index (χ0v) is 17.2. The third-order valence-corrected chi connectivity index (χ3v) is 5.21. The van der Waals surface area contributed by atoms with Crippen molar-refractivity contribution in [2.75, 3.05) is 14.1 Å². The number of carbonyl (C=O) groups is 1. The molecule has 1 aliphatic rings. The van der Waals surface area contributed by atoms with Crippen molar-refractivity contribution in [1.82, 2.24) is 15.3 Å². The summed E-state index contributed by atoms with van der Waals surface area (Å²) in [6.45, 7) is 5.56. The summed E-state index contributed by atoms with van der Waals surface area (Å²) in [5, 5.41) is 16.3. The van der Waals surface area contributed by atoms with Gasteiger partial charge in [0.15, 0.2) is 11.1 Å². The van der Waals surface area contributed by atoms with E-state index in [0.29, 0.717) is 5.56 Å². The number of carbonyl (C=O) groups excluding carboxylic acids is 1. The summed E-state index contributed by atoms with van der Waals surface area (Å²) >= 11 is -2.24. The van der Waals surface area contributed by atoms with Crippen molar-refractivity contribution in [3.8, 4) is 0 Å². The fraction of sp³-hybridized carbons (Fsp3) is 0.526. The van der Waals surface area contributed by atoms with Gasteiger partial charge < -0.3 is 15.0 Å². The van der Waals surface area contributed by atoms with Crippen LogP contribution in [0, 0.1) is 0 Å². The smallest absolute Gasteiger partial charge is 0.240 e. The number of hydrogen-bond acceptors (Lipinski definition) is 5. The molecule has 3 N–H and O–H groups in total. The van der Waals surface area contributed by atoms with Gasteiger partial charge in [-0.05, 0) is 26.3 Å². The minimum absolute atomic E-state index is 0.363. The molecular formula is C19H29N3O4S. The normalized spacial score (nSPS) is 26.0. The van der Waals surface area contributed by atoms with Crippen LogP contribution >= 0.6 is 0 Å². The van der Waals surface area contributed by atoms with Gasteiger partial charge in [0.2, 0.25) is 5.91 Å². The Bertz CT molecular complexity index is 703. The fourth-order valence-electron chi connectivity index (χ4n) is 3.26. The summed E-state index contributed by atoms with van der Waals surface area (Å²) in [6.07, 6.45) is 2.35. The summed E-state index contributed by atoms with van der Waals surface area (Å²) in [7, 11) is 3.50. The van der Waals surface area contributed by atoms with Crippen molar-refractivity contribution in [3.63, 3.8) is 0 Å². The summed E-state index contributed by atoms with van der Waals surface area (Å²) in [6, 6.07) is 7.67. The van der Waals surface area contributed by atoms with Crippen LogP contribution in [0.3, 0.4) is 0 Å². The molecule has 1 unspecified atom stereocenters. The molecule has 0 radical (unpaired) electrons. The summed E-state index contributed by atoms with van der Waals surface area (Å²) in [5.74, 6) is -0.363. The Kier molecular flexibility index (Phi) is 6.93. The van der Waals surface area contributed by atoms with Crippen molar-refractivity contribution in [2.24, 2.45) is 0 Å². The molecular weight excluding hydrogens is 366 g/mol. The molecule has 150 valence electrons. The van der Waals surface area contributed by atoms with Gasteiger partial charge in [-0.1, -0.05) is 42.5 Å². The van der Waals surface area contributed by atoms with Gasteiger partial charge in [-0.25, -0.2) is 14.2 Å². The molecule has 1 aromatic rings. The van der Waals surface area contributed by atoms with Gasteiger partial charge in [0, 0.05) is 19.6 Å². The summed E-state index contributed by atoms with van der Waals surface area (Å²) < 4.78 is 21.7. The first-order valence-corrected chi connectivity index (χ1v) is 9.98. The lowest BCUT2D eigenvalue weighted by Crippen LogP contribution is -2.65. The summed E-state index contributed by atoms with van der Waals surface area (Å²) in [5.41, 5.74) is 0.211. The molecule has 8 heteroatoms. The minimum Gasteiger partial charge on any atom is -0.386 e. The van der Waals surface area contributed by atoms with Crippen molar-refractivity contribution >= 4 is 17.0 Å². The van der Waals surface area contributed by atoms with Crippen molar-refractivity contribution in [3.05, 3.63) is 48.0 Å². The van der Waals surface area contributed by atoms with Gasteiger partial charge in [-0.15, -0.1) is 0 Å². The maximum atomic E-state index is 13.0. The molecule has 0 aliphatic carbocycles. The van der Waals surface area contributed by atoms with Crippen LogP contribution in [0.25, 0.3) is 0 Å². The predicted octanol–water partition coefficient (Wildman–Crippen LogP) is 1.31. The van der Waals surface area contributed by atoms with Crippen LogP contribution in [0.1, 0.15) is 32.4 Å². The highest BCUT2D eigenvalue weighted by Gasteiger charge is 2.45. The van der Waals surface area contributed by atoms with E-state index in [1.807, 2.05) is 51.1 Å². The Morgan fingerprint density at radius 2 is 1.81 bits per heavy atom. The predicted molar refractivity (Wildman–Crippen MR) is 106 cm³/mol. The molecule has 0 saturated carbocycles. The second-order valence-corrected chi connectivity index (χ2v) is 8.98. The van der Waals surface area contributed by atoms with Crippen molar-refractivity contribution < 1.29 is 18.7 Å². The van der Waals surface area contributed by atoms with E-state index < -0.39 is 40.1 Å². The molecule has 0 fully saturated rings. The lowest BCUT2D eigenvalue weighted by atomic mass is 9.94. The Morgan fingerprint density at radius 1 is 1.22 bits per heavy atom. The van der Waals surface area contributed by atoms with Gasteiger partial charge in [-0.3, -0.25) is 4.79 Å². The molecule has 27 heavy (non-hydrogen) atoms. The van der Waals surface area contributed by atoms with Crippen LogP contribution in [0.5, 0.6) is 0 Å². The molecule has 1 heterocycles. The van der Waals surface area contributed by atoms with Crippen LogP contribution in [0.4, 0.5) is 0 Å². The van der Waals surface area contributed by atoms with Gasteiger partial charge in [0.1, 0.15) is 11.3 Å². The number of aliphatic hydroxyl groups is 1. The first-order valence-electron chi connectivity index (χ1n) is 8.81. The number of aliphatic hydroxyl groups excluding tert-OH is 1.